The fourth-order valence-electron chi connectivity index (χ4n) is 1.80. The zero-order chi connectivity index (χ0) is 15.4. The van der Waals surface area contributed by atoms with E-state index in [2.05, 4.69) is 19.2 Å². The zero-order valence-electron chi connectivity index (χ0n) is 11.2. The lowest BCUT2D eigenvalue weighted by Crippen LogP contribution is -1.80. The highest BCUT2D eigenvalue weighted by Crippen LogP contribution is 2.16. The van der Waals surface area contributed by atoms with Gasteiger partial charge in [-0.15, -0.1) is 10.2 Å². The minimum atomic E-state index is 0.0630. The van der Waals surface area contributed by atoms with Crippen molar-refractivity contribution in [2.45, 2.75) is 6.61 Å². The Labute approximate surface area is 133 Å². The lowest BCUT2D eigenvalue weighted by atomic mass is 10.2. The number of rotatable bonds is 2. The summed E-state index contributed by atoms with van der Waals surface area (Å²) in [6.07, 6.45) is 0.804. The lowest BCUT2D eigenvalue weighted by Gasteiger charge is -1.92. The third kappa shape index (κ3) is 3.14. The number of carbonyl (C=O) groups excluding carboxylic acids is 1. The molecule has 2 aromatic carbocycles. The molecule has 0 aliphatic heterocycles. The Kier molecular flexibility index (Phi) is 4.42. The van der Waals surface area contributed by atoms with Crippen LogP contribution in [0.1, 0.15) is 15.9 Å². The van der Waals surface area contributed by atoms with Crippen LogP contribution in [0.15, 0.2) is 36.4 Å². The molecule has 2 aromatic heterocycles. The Morgan fingerprint density at radius 1 is 0.955 bits per heavy atom. The van der Waals surface area contributed by atoms with Crippen molar-refractivity contribution in [3.05, 3.63) is 47.5 Å². The first-order valence-corrected chi connectivity index (χ1v) is 7.84. The monoisotopic (exact) mass is 330 g/mol. The molecule has 0 unspecified atom stereocenters. The van der Waals surface area contributed by atoms with E-state index in [0.29, 0.717) is 5.56 Å². The highest BCUT2D eigenvalue weighted by atomic mass is 32.1. The standard InChI is InChI=1S/C7H6N2OS.C7H4N2OS/c2*10-4-5-1-2-7-6(3-5)8-9-11-7/h1-3,10H,4H2;1-4H. The van der Waals surface area contributed by atoms with Crippen LogP contribution in [-0.4, -0.2) is 30.6 Å². The summed E-state index contributed by atoms with van der Waals surface area (Å²) in [6.45, 7) is 0.0630. The van der Waals surface area contributed by atoms with E-state index < -0.39 is 0 Å². The maximum Gasteiger partial charge on any atom is 0.150 e. The summed E-state index contributed by atoms with van der Waals surface area (Å²) < 4.78 is 9.61. The molecule has 0 aliphatic carbocycles. The van der Waals surface area contributed by atoms with Crippen LogP contribution in [0.3, 0.4) is 0 Å². The molecule has 0 spiro atoms. The molecular formula is C14H10N4O2S2. The molecule has 6 nitrogen and oxygen atoms in total. The van der Waals surface area contributed by atoms with Gasteiger partial charge in [-0.05, 0) is 52.9 Å². The van der Waals surface area contributed by atoms with E-state index in [-0.39, 0.29) is 6.61 Å². The fraction of sp³-hybridized carbons (Fsp3) is 0.0714. The fourth-order valence-corrected chi connectivity index (χ4v) is 2.87. The van der Waals surface area contributed by atoms with Crippen LogP contribution in [0.2, 0.25) is 0 Å². The minimum Gasteiger partial charge on any atom is -0.392 e. The van der Waals surface area contributed by atoms with Gasteiger partial charge in [-0.3, -0.25) is 4.79 Å². The molecule has 0 radical (unpaired) electrons. The number of hydrogen-bond acceptors (Lipinski definition) is 8. The summed E-state index contributed by atoms with van der Waals surface area (Å²) in [5, 5.41) is 16.5. The third-order valence-corrected chi connectivity index (χ3v) is 4.31. The van der Waals surface area contributed by atoms with E-state index in [4.69, 9.17) is 5.11 Å². The predicted octanol–water partition coefficient (Wildman–Crippen LogP) is 2.69. The molecule has 0 saturated carbocycles. The van der Waals surface area contributed by atoms with Crippen LogP contribution in [-0.2, 0) is 6.61 Å². The first kappa shape index (κ1) is 14.6. The topological polar surface area (TPSA) is 88.9 Å². The quantitative estimate of drug-likeness (QED) is 0.568. The van der Waals surface area contributed by atoms with Crippen molar-refractivity contribution < 1.29 is 9.90 Å². The van der Waals surface area contributed by atoms with Gasteiger partial charge in [0.1, 0.15) is 17.3 Å². The highest BCUT2D eigenvalue weighted by Gasteiger charge is 1.98. The number of aliphatic hydroxyl groups is 1. The summed E-state index contributed by atoms with van der Waals surface area (Å²) in [5.41, 5.74) is 3.18. The summed E-state index contributed by atoms with van der Waals surface area (Å²) in [5.74, 6) is 0. The van der Waals surface area contributed by atoms with Crippen molar-refractivity contribution in [3.63, 3.8) is 0 Å². The number of aldehydes is 1. The van der Waals surface area contributed by atoms with Crippen molar-refractivity contribution in [2.24, 2.45) is 0 Å². The van der Waals surface area contributed by atoms with Crippen LogP contribution < -0.4 is 0 Å². The number of fused-ring (bicyclic) bond motifs is 2. The number of benzene rings is 2. The molecule has 0 fully saturated rings. The van der Waals surface area contributed by atoms with E-state index in [0.717, 1.165) is 32.3 Å². The molecule has 4 aromatic rings. The smallest absolute Gasteiger partial charge is 0.150 e. The van der Waals surface area contributed by atoms with Crippen molar-refractivity contribution >= 4 is 49.8 Å². The number of hydrogen-bond donors (Lipinski definition) is 1. The Hall–Kier alpha value is -2.29. The molecule has 0 aliphatic rings. The number of aromatic nitrogens is 4. The van der Waals surface area contributed by atoms with Gasteiger partial charge in [-0.1, -0.05) is 21.1 Å². The van der Waals surface area contributed by atoms with Gasteiger partial charge in [0.15, 0.2) is 0 Å². The molecule has 110 valence electrons. The van der Waals surface area contributed by atoms with E-state index in [1.807, 2.05) is 24.3 Å². The SMILES string of the molecule is O=Cc1ccc2snnc2c1.OCc1ccc2snnc2c1. The Balaban J connectivity index is 0.000000131. The largest absolute Gasteiger partial charge is 0.392 e. The number of nitrogens with zero attached hydrogens (tertiary/aromatic N) is 4. The van der Waals surface area contributed by atoms with Gasteiger partial charge in [0.2, 0.25) is 0 Å². The molecule has 0 bridgehead atoms. The molecule has 1 N–H and O–H groups in total. The van der Waals surface area contributed by atoms with Crippen molar-refractivity contribution in [3.8, 4) is 0 Å². The summed E-state index contributed by atoms with van der Waals surface area (Å²) in [6, 6.07) is 11.0. The van der Waals surface area contributed by atoms with Crippen LogP contribution in [0.4, 0.5) is 0 Å². The maximum absolute atomic E-state index is 10.3. The molecule has 8 heteroatoms. The van der Waals surface area contributed by atoms with Crippen LogP contribution in [0.25, 0.3) is 20.4 Å². The molecule has 0 amide bonds. The Morgan fingerprint density at radius 3 is 2.23 bits per heavy atom. The molecule has 2 heterocycles. The van der Waals surface area contributed by atoms with Crippen molar-refractivity contribution in [1.29, 1.82) is 0 Å². The second kappa shape index (κ2) is 6.65. The first-order chi connectivity index (χ1) is 10.8. The van der Waals surface area contributed by atoms with Crippen molar-refractivity contribution in [2.75, 3.05) is 0 Å². The Morgan fingerprint density at radius 2 is 1.59 bits per heavy atom. The van der Waals surface area contributed by atoms with Gasteiger partial charge in [-0.2, -0.15) is 0 Å². The summed E-state index contributed by atoms with van der Waals surface area (Å²) in [4.78, 5) is 10.3. The van der Waals surface area contributed by atoms with Gasteiger partial charge in [0.05, 0.1) is 16.0 Å². The van der Waals surface area contributed by atoms with Crippen LogP contribution >= 0.6 is 23.1 Å². The average Bonchev–Trinajstić information content (AvgIpc) is 3.22. The first-order valence-electron chi connectivity index (χ1n) is 6.29. The normalized spacial score (nSPS) is 10.4. The molecular weight excluding hydrogens is 320 g/mol. The van der Waals surface area contributed by atoms with Crippen molar-refractivity contribution in [1.82, 2.24) is 19.2 Å². The van der Waals surface area contributed by atoms with E-state index >= 15 is 0 Å². The van der Waals surface area contributed by atoms with Gasteiger partial charge in [0, 0.05) is 5.56 Å². The molecule has 4 rings (SSSR count). The second-order valence-electron chi connectivity index (χ2n) is 4.35. The van der Waals surface area contributed by atoms with Crippen LogP contribution in [0.5, 0.6) is 0 Å². The minimum absolute atomic E-state index is 0.0630. The van der Waals surface area contributed by atoms with Gasteiger partial charge in [-0.25, -0.2) is 0 Å². The molecule has 22 heavy (non-hydrogen) atoms. The van der Waals surface area contributed by atoms with E-state index in [1.54, 1.807) is 12.1 Å². The lowest BCUT2D eigenvalue weighted by molar-refractivity contribution is 0.112. The van der Waals surface area contributed by atoms with E-state index in [1.165, 1.54) is 23.1 Å². The number of carbonyl (C=O) groups is 1. The predicted molar refractivity (Wildman–Crippen MR) is 86.1 cm³/mol. The maximum atomic E-state index is 10.3. The summed E-state index contributed by atoms with van der Waals surface area (Å²) >= 11 is 2.69. The average molecular weight is 330 g/mol. The van der Waals surface area contributed by atoms with Gasteiger partial charge < -0.3 is 5.11 Å². The van der Waals surface area contributed by atoms with Gasteiger partial charge in [0.25, 0.3) is 0 Å². The molecule has 0 atom stereocenters. The van der Waals surface area contributed by atoms with E-state index in [9.17, 15) is 4.79 Å². The Bertz CT molecular complexity index is 919. The second-order valence-corrected chi connectivity index (χ2v) is 5.92. The van der Waals surface area contributed by atoms with Gasteiger partial charge >= 0.3 is 0 Å². The highest BCUT2D eigenvalue weighted by molar-refractivity contribution is 7.13. The summed E-state index contributed by atoms with van der Waals surface area (Å²) in [7, 11) is 0. The zero-order valence-corrected chi connectivity index (χ0v) is 12.8. The molecule has 0 saturated heterocycles. The van der Waals surface area contributed by atoms with Crippen LogP contribution in [0, 0.1) is 0 Å². The third-order valence-electron chi connectivity index (χ3n) is 2.90. The number of aliphatic hydroxyl groups excluding tert-OH is 1.